The molecule has 1 amide bonds. The van der Waals surface area contributed by atoms with Crippen molar-refractivity contribution in [2.75, 3.05) is 23.3 Å². The molecule has 0 radical (unpaired) electrons. The number of nitrogens with zero attached hydrogens (tertiary/aromatic N) is 2. The lowest BCUT2D eigenvalue weighted by Crippen LogP contribution is -2.39. The van der Waals surface area contributed by atoms with Gasteiger partial charge in [0.25, 0.3) is 0 Å². The van der Waals surface area contributed by atoms with Crippen LogP contribution >= 0.6 is 0 Å². The van der Waals surface area contributed by atoms with E-state index in [-0.39, 0.29) is 18.3 Å². The highest BCUT2D eigenvalue weighted by molar-refractivity contribution is 5.97. The summed E-state index contributed by atoms with van der Waals surface area (Å²) in [6, 6.07) is 9.89. The molecule has 2 aromatic rings. The number of alkyl halides is 3. The van der Waals surface area contributed by atoms with Crippen molar-refractivity contribution >= 4 is 17.4 Å². The zero-order valence-corrected chi connectivity index (χ0v) is 12.8. The van der Waals surface area contributed by atoms with Gasteiger partial charge in [0, 0.05) is 18.4 Å². The quantitative estimate of drug-likeness (QED) is 0.934. The van der Waals surface area contributed by atoms with Crippen molar-refractivity contribution < 1.29 is 18.0 Å². The number of pyridine rings is 1. The Balaban J connectivity index is 1.64. The first-order valence-electron chi connectivity index (χ1n) is 7.60. The van der Waals surface area contributed by atoms with Gasteiger partial charge in [0.15, 0.2) is 0 Å². The van der Waals surface area contributed by atoms with Gasteiger partial charge in [-0.25, -0.2) is 4.98 Å². The number of nitrogens with one attached hydrogen (secondary N) is 1. The number of rotatable bonds is 3. The fourth-order valence-corrected chi connectivity index (χ4v) is 2.72. The van der Waals surface area contributed by atoms with E-state index >= 15 is 0 Å². The van der Waals surface area contributed by atoms with Gasteiger partial charge >= 0.3 is 6.18 Å². The van der Waals surface area contributed by atoms with E-state index in [1.807, 2.05) is 24.3 Å². The topological polar surface area (TPSA) is 45.2 Å². The second kappa shape index (κ2) is 6.51. The fourth-order valence-electron chi connectivity index (χ4n) is 2.72. The molecule has 24 heavy (non-hydrogen) atoms. The minimum Gasteiger partial charge on any atom is -0.361 e. The second-order valence-electron chi connectivity index (χ2n) is 5.56. The number of carbonyl (C=O) groups excluding carboxylic acids is 1. The number of benzene rings is 1. The summed E-state index contributed by atoms with van der Waals surface area (Å²) in [4.78, 5) is 17.8. The number of halogens is 3. The number of amides is 1. The van der Waals surface area contributed by atoms with E-state index in [9.17, 15) is 18.0 Å². The molecule has 0 aliphatic carbocycles. The summed E-state index contributed by atoms with van der Waals surface area (Å²) < 4.78 is 37.5. The zero-order chi connectivity index (χ0) is 17.2. The fraction of sp³-hybridized carbons (Fsp3) is 0.294. The van der Waals surface area contributed by atoms with E-state index in [1.165, 1.54) is 6.07 Å². The molecule has 0 spiro atoms. The minimum atomic E-state index is -4.42. The zero-order valence-electron chi connectivity index (χ0n) is 12.8. The third kappa shape index (κ3) is 3.50. The third-order valence-electron chi connectivity index (χ3n) is 3.92. The molecule has 0 fully saturated rings. The van der Waals surface area contributed by atoms with Crippen molar-refractivity contribution in [1.82, 2.24) is 4.98 Å². The summed E-state index contributed by atoms with van der Waals surface area (Å²) in [6.45, 7) is 0.616. The maximum Gasteiger partial charge on any atom is 0.417 e. The van der Waals surface area contributed by atoms with Gasteiger partial charge in [-0.3, -0.25) is 4.79 Å². The van der Waals surface area contributed by atoms with Crippen molar-refractivity contribution in [1.29, 1.82) is 0 Å². The Morgan fingerprint density at radius 2 is 2.00 bits per heavy atom. The van der Waals surface area contributed by atoms with Crippen LogP contribution in [0.1, 0.15) is 17.5 Å². The molecule has 7 heteroatoms. The Labute approximate surface area is 137 Å². The highest BCUT2D eigenvalue weighted by Gasteiger charge is 2.30. The van der Waals surface area contributed by atoms with Crippen LogP contribution in [0.3, 0.4) is 0 Å². The van der Waals surface area contributed by atoms with Crippen LogP contribution in [0.4, 0.5) is 24.7 Å². The smallest absolute Gasteiger partial charge is 0.361 e. The largest absolute Gasteiger partial charge is 0.417 e. The van der Waals surface area contributed by atoms with Crippen molar-refractivity contribution in [3.8, 4) is 0 Å². The summed E-state index contributed by atoms with van der Waals surface area (Å²) in [7, 11) is 0. The molecule has 1 N–H and O–H groups in total. The van der Waals surface area contributed by atoms with Crippen LogP contribution in [-0.4, -0.2) is 24.0 Å². The highest BCUT2D eigenvalue weighted by Crippen LogP contribution is 2.29. The molecule has 2 heterocycles. The monoisotopic (exact) mass is 335 g/mol. The van der Waals surface area contributed by atoms with Gasteiger partial charge in [0.05, 0.1) is 12.1 Å². The number of fused-ring (bicyclic) bond motifs is 1. The van der Waals surface area contributed by atoms with Crippen LogP contribution in [0.25, 0.3) is 0 Å². The molecule has 1 aliphatic heterocycles. The Morgan fingerprint density at radius 1 is 1.21 bits per heavy atom. The number of hydrogen-bond donors (Lipinski definition) is 1. The second-order valence-corrected chi connectivity index (χ2v) is 5.56. The molecule has 0 atom stereocenters. The molecule has 0 bridgehead atoms. The Hall–Kier alpha value is -2.57. The Morgan fingerprint density at radius 3 is 2.71 bits per heavy atom. The maximum absolute atomic E-state index is 12.5. The van der Waals surface area contributed by atoms with E-state index in [0.717, 1.165) is 36.4 Å². The van der Waals surface area contributed by atoms with Crippen LogP contribution in [0.15, 0.2) is 42.6 Å². The van der Waals surface area contributed by atoms with Gasteiger partial charge < -0.3 is 10.2 Å². The number of carbonyl (C=O) groups is 1. The lowest BCUT2D eigenvalue weighted by Gasteiger charge is -2.29. The van der Waals surface area contributed by atoms with Crippen molar-refractivity contribution in [2.45, 2.75) is 19.0 Å². The molecule has 1 aromatic carbocycles. The average Bonchev–Trinajstić information content (AvgIpc) is 2.59. The maximum atomic E-state index is 12.5. The third-order valence-corrected chi connectivity index (χ3v) is 3.92. The molecule has 1 aliphatic rings. The van der Waals surface area contributed by atoms with E-state index in [1.54, 1.807) is 4.90 Å². The molecular weight excluding hydrogens is 319 g/mol. The van der Waals surface area contributed by atoms with E-state index in [2.05, 4.69) is 10.3 Å². The van der Waals surface area contributed by atoms with Crippen LogP contribution in [0, 0.1) is 0 Å². The SMILES string of the molecule is O=C(CNc1ccc(C(F)(F)F)cn1)N1CCCc2ccccc21. The van der Waals surface area contributed by atoms with Crippen molar-refractivity contribution in [2.24, 2.45) is 0 Å². The molecule has 0 saturated carbocycles. The summed E-state index contributed by atoms with van der Waals surface area (Å²) in [6.07, 6.45) is -1.84. The molecule has 4 nitrogen and oxygen atoms in total. The van der Waals surface area contributed by atoms with E-state index in [0.29, 0.717) is 6.54 Å². The molecule has 0 saturated heterocycles. The number of aryl methyl sites for hydroxylation is 1. The first kappa shape index (κ1) is 16.3. The predicted molar refractivity (Wildman–Crippen MR) is 84.8 cm³/mol. The number of aromatic nitrogens is 1. The van der Waals surface area contributed by atoms with Gasteiger partial charge in [-0.05, 0) is 36.6 Å². The first-order chi connectivity index (χ1) is 11.4. The first-order valence-corrected chi connectivity index (χ1v) is 7.60. The number of anilines is 2. The summed E-state index contributed by atoms with van der Waals surface area (Å²) in [5.41, 5.74) is 1.21. The predicted octanol–water partition coefficient (Wildman–Crippen LogP) is 3.49. The summed E-state index contributed by atoms with van der Waals surface area (Å²) in [5, 5.41) is 2.78. The van der Waals surface area contributed by atoms with E-state index in [4.69, 9.17) is 0 Å². The molecule has 126 valence electrons. The standard InChI is InChI=1S/C17H16F3N3O/c18-17(19,20)13-7-8-15(21-10-13)22-11-16(24)23-9-3-5-12-4-1-2-6-14(12)23/h1-2,4,6-8,10H,3,5,9,11H2,(H,21,22). The summed E-state index contributed by atoms with van der Waals surface area (Å²) in [5.74, 6) is 0.102. The van der Waals surface area contributed by atoms with Gasteiger partial charge in [0.1, 0.15) is 5.82 Å². The van der Waals surface area contributed by atoms with Gasteiger partial charge in [-0.2, -0.15) is 13.2 Å². The average molecular weight is 335 g/mol. The number of hydrogen-bond acceptors (Lipinski definition) is 3. The number of para-hydroxylation sites is 1. The van der Waals surface area contributed by atoms with Crippen LogP contribution in [0.5, 0.6) is 0 Å². The molecular formula is C17H16F3N3O. The van der Waals surface area contributed by atoms with Gasteiger partial charge in [-0.1, -0.05) is 18.2 Å². The summed E-state index contributed by atoms with van der Waals surface area (Å²) >= 11 is 0. The Bertz CT molecular complexity index is 729. The highest BCUT2D eigenvalue weighted by atomic mass is 19.4. The lowest BCUT2D eigenvalue weighted by molar-refractivity contribution is -0.137. The van der Waals surface area contributed by atoms with Crippen LogP contribution in [0.2, 0.25) is 0 Å². The van der Waals surface area contributed by atoms with E-state index < -0.39 is 11.7 Å². The van der Waals surface area contributed by atoms with Crippen molar-refractivity contribution in [3.05, 3.63) is 53.7 Å². The lowest BCUT2D eigenvalue weighted by atomic mass is 10.0. The molecule has 1 aromatic heterocycles. The molecule has 3 rings (SSSR count). The van der Waals surface area contributed by atoms with Gasteiger partial charge in [-0.15, -0.1) is 0 Å². The minimum absolute atomic E-state index is 0.0211. The van der Waals surface area contributed by atoms with Gasteiger partial charge in [0.2, 0.25) is 5.91 Å². The van der Waals surface area contributed by atoms with Crippen molar-refractivity contribution in [3.63, 3.8) is 0 Å². The molecule has 0 unspecified atom stereocenters. The van der Waals surface area contributed by atoms with Crippen LogP contribution in [-0.2, 0) is 17.4 Å². The Kier molecular flexibility index (Phi) is 4.42. The normalized spacial score (nSPS) is 14.2. The van der Waals surface area contributed by atoms with Crippen LogP contribution < -0.4 is 10.2 Å².